The van der Waals surface area contributed by atoms with E-state index in [0.29, 0.717) is 6.61 Å². The molecule has 0 N–H and O–H groups in total. The van der Waals surface area contributed by atoms with Gasteiger partial charge in [0.05, 0.1) is 0 Å². The Morgan fingerprint density at radius 1 is 1.04 bits per heavy atom. The smallest absolute Gasteiger partial charge is 0.261 e. The van der Waals surface area contributed by atoms with E-state index in [9.17, 15) is 4.79 Å². The molecule has 0 heterocycles. The fourth-order valence-corrected chi connectivity index (χ4v) is 7.95. The van der Waals surface area contributed by atoms with Crippen LogP contribution in [-0.2, 0) is 9.22 Å². The Bertz CT molecular complexity index is 662. The lowest BCUT2D eigenvalue weighted by Crippen LogP contribution is -2.67. The van der Waals surface area contributed by atoms with Crippen LogP contribution >= 0.6 is 0 Å². The molecule has 0 aliphatic carbocycles. The standard InChI is InChI=1S/C22H28O2Si/c1-6-21(23)18(2)17-24-25(22(3,4)5,19-13-9-7-10-14-19)20-15-11-8-12-16-20/h6-16,18H,1,17H2,2-5H3/t18-/m1/s1. The van der Waals surface area contributed by atoms with Crippen molar-refractivity contribution in [2.45, 2.75) is 32.7 Å². The molecular formula is C22H28O2Si. The number of ketones is 1. The number of hydrogen-bond donors (Lipinski definition) is 0. The van der Waals surface area contributed by atoms with Crippen molar-refractivity contribution < 1.29 is 9.22 Å². The van der Waals surface area contributed by atoms with Crippen LogP contribution in [-0.4, -0.2) is 20.7 Å². The molecule has 0 saturated carbocycles. The van der Waals surface area contributed by atoms with Crippen molar-refractivity contribution in [1.82, 2.24) is 0 Å². The minimum atomic E-state index is -2.56. The van der Waals surface area contributed by atoms with Crippen LogP contribution in [0.3, 0.4) is 0 Å². The van der Waals surface area contributed by atoms with Gasteiger partial charge in [-0.3, -0.25) is 4.79 Å². The van der Waals surface area contributed by atoms with Gasteiger partial charge in [0.25, 0.3) is 8.32 Å². The van der Waals surface area contributed by atoms with E-state index in [-0.39, 0.29) is 16.7 Å². The Morgan fingerprint density at radius 3 is 1.84 bits per heavy atom. The molecule has 25 heavy (non-hydrogen) atoms. The summed E-state index contributed by atoms with van der Waals surface area (Å²) in [7, 11) is -2.56. The van der Waals surface area contributed by atoms with Crippen LogP contribution in [0.4, 0.5) is 0 Å². The molecule has 132 valence electrons. The third-order valence-electron chi connectivity index (χ3n) is 4.65. The largest absolute Gasteiger partial charge is 0.407 e. The van der Waals surface area contributed by atoms with E-state index in [1.807, 2.05) is 19.1 Å². The lowest BCUT2D eigenvalue weighted by Gasteiger charge is -2.43. The SMILES string of the molecule is C=CC(=O)[C@H](C)CO[Si](c1ccccc1)(c1ccccc1)C(C)(C)C. The second-order valence-corrected chi connectivity index (χ2v) is 11.8. The Hall–Kier alpha value is -1.97. The van der Waals surface area contributed by atoms with Gasteiger partial charge in [-0.2, -0.15) is 0 Å². The first-order valence-corrected chi connectivity index (χ1v) is 10.6. The van der Waals surface area contributed by atoms with Gasteiger partial charge < -0.3 is 4.43 Å². The van der Waals surface area contributed by atoms with Gasteiger partial charge in [-0.15, -0.1) is 0 Å². The Morgan fingerprint density at radius 2 is 1.48 bits per heavy atom. The van der Waals surface area contributed by atoms with Gasteiger partial charge in [0.1, 0.15) is 0 Å². The minimum Gasteiger partial charge on any atom is -0.407 e. The number of benzene rings is 2. The third kappa shape index (κ3) is 3.99. The average molecular weight is 353 g/mol. The average Bonchev–Trinajstić information content (AvgIpc) is 2.62. The Labute approximate surface area is 152 Å². The van der Waals surface area contributed by atoms with Crippen LogP contribution in [0.5, 0.6) is 0 Å². The molecule has 2 aromatic rings. The van der Waals surface area contributed by atoms with Crippen LogP contribution < -0.4 is 10.4 Å². The van der Waals surface area contributed by atoms with Crippen molar-refractivity contribution in [1.29, 1.82) is 0 Å². The van der Waals surface area contributed by atoms with Crippen molar-refractivity contribution in [2.75, 3.05) is 6.61 Å². The second-order valence-electron chi connectivity index (χ2n) is 7.48. The van der Waals surface area contributed by atoms with Crippen molar-refractivity contribution >= 4 is 24.5 Å². The van der Waals surface area contributed by atoms with Crippen molar-refractivity contribution in [3.05, 3.63) is 73.3 Å². The molecule has 2 nitrogen and oxygen atoms in total. The fourth-order valence-electron chi connectivity index (χ4n) is 3.29. The Balaban J connectivity index is 2.57. The van der Waals surface area contributed by atoms with Gasteiger partial charge >= 0.3 is 0 Å². The molecule has 0 bridgehead atoms. The van der Waals surface area contributed by atoms with Crippen LogP contribution in [0.2, 0.25) is 5.04 Å². The summed E-state index contributed by atoms with van der Waals surface area (Å²) < 4.78 is 6.72. The number of allylic oxidation sites excluding steroid dienone is 1. The summed E-state index contributed by atoms with van der Waals surface area (Å²) in [5, 5.41) is 2.38. The maximum Gasteiger partial charge on any atom is 0.261 e. The summed E-state index contributed by atoms with van der Waals surface area (Å²) in [6, 6.07) is 20.9. The molecule has 0 aliphatic rings. The highest BCUT2D eigenvalue weighted by molar-refractivity contribution is 6.99. The predicted molar refractivity (Wildman–Crippen MR) is 108 cm³/mol. The molecule has 0 amide bonds. The van der Waals surface area contributed by atoms with E-state index in [4.69, 9.17) is 4.43 Å². The summed E-state index contributed by atoms with van der Waals surface area (Å²) in [6.07, 6.45) is 1.39. The molecule has 0 unspecified atom stereocenters. The first-order chi connectivity index (χ1) is 11.8. The minimum absolute atomic E-state index is 0.0259. The number of hydrogen-bond acceptors (Lipinski definition) is 2. The van der Waals surface area contributed by atoms with Gasteiger partial charge in [-0.25, -0.2) is 0 Å². The molecule has 0 saturated heterocycles. The van der Waals surface area contributed by atoms with Crippen molar-refractivity contribution in [3.63, 3.8) is 0 Å². The molecule has 2 aromatic carbocycles. The number of carbonyl (C=O) groups excluding carboxylic acids is 1. The van der Waals surface area contributed by atoms with Crippen molar-refractivity contribution in [2.24, 2.45) is 5.92 Å². The van der Waals surface area contributed by atoms with E-state index >= 15 is 0 Å². The molecule has 0 aliphatic heterocycles. The lowest BCUT2D eigenvalue weighted by atomic mass is 10.1. The third-order valence-corrected chi connectivity index (χ3v) is 9.66. The first kappa shape index (κ1) is 19.4. The number of rotatable bonds is 7. The van der Waals surface area contributed by atoms with Crippen LogP contribution in [0, 0.1) is 5.92 Å². The highest BCUT2D eigenvalue weighted by Gasteiger charge is 2.50. The van der Waals surface area contributed by atoms with Gasteiger partial charge in [0.15, 0.2) is 5.78 Å². The van der Waals surface area contributed by atoms with Crippen LogP contribution in [0.15, 0.2) is 73.3 Å². The second kappa shape index (κ2) is 7.94. The lowest BCUT2D eigenvalue weighted by molar-refractivity contribution is -0.118. The molecule has 0 fully saturated rings. The van der Waals surface area contributed by atoms with E-state index in [1.54, 1.807) is 0 Å². The highest BCUT2D eigenvalue weighted by atomic mass is 28.4. The summed E-state index contributed by atoms with van der Waals surface area (Å²) in [5.41, 5.74) is 0. The van der Waals surface area contributed by atoms with E-state index in [1.165, 1.54) is 16.4 Å². The monoisotopic (exact) mass is 352 g/mol. The normalized spacial score (nSPS) is 13.3. The highest BCUT2D eigenvalue weighted by Crippen LogP contribution is 2.37. The topological polar surface area (TPSA) is 26.3 Å². The predicted octanol–water partition coefficient (Wildman–Crippen LogP) is 3.95. The summed E-state index contributed by atoms with van der Waals surface area (Å²) in [6.45, 7) is 12.6. The van der Waals surface area contributed by atoms with Crippen LogP contribution in [0.25, 0.3) is 0 Å². The zero-order valence-electron chi connectivity index (χ0n) is 15.7. The van der Waals surface area contributed by atoms with Gasteiger partial charge in [-0.1, -0.05) is 94.9 Å². The van der Waals surface area contributed by atoms with Crippen molar-refractivity contribution in [3.8, 4) is 0 Å². The maximum absolute atomic E-state index is 12.0. The fraction of sp³-hybridized carbons (Fsp3) is 0.318. The molecule has 3 heteroatoms. The molecule has 0 spiro atoms. The van der Waals surface area contributed by atoms with E-state index < -0.39 is 8.32 Å². The first-order valence-electron chi connectivity index (χ1n) is 8.74. The van der Waals surface area contributed by atoms with Gasteiger partial charge in [-0.05, 0) is 21.5 Å². The zero-order valence-corrected chi connectivity index (χ0v) is 16.7. The summed E-state index contributed by atoms with van der Waals surface area (Å²) in [5.74, 6) is -0.169. The summed E-state index contributed by atoms with van der Waals surface area (Å²) >= 11 is 0. The molecule has 1 atom stereocenters. The molecular weight excluding hydrogens is 324 g/mol. The molecule has 0 aromatic heterocycles. The zero-order chi connectivity index (χ0) is 18.5. The summed E-state index contributed by atoms with van der Waals surface area (Å²) in [4.78, 5) is 12.0. The van der Waals surface area contributed by atoms with E-state index in [0.717, 1.165) is 0 Å². The maximum atomic E-state index is 12.0. The molecule has 0 radical (unpaired) electrons. The Kier molecular flexibility index (Phi) is 6.14. The molecule has 2 rings (SSSR count). The quantitative estimate of drug-likeness (QED) is 0.557. The number of carbonyl (C=O) groups is 1. The van der Waals surface area contributed by atoms with E-state index in [2.05, 4.69) is 75.9 Å². The van der Waals surface area contributed by atoms with Gasteiger partial charge in [0, 0.05) is 12.5 Å². The van der Waals surface area contributed by atoms with Crippen LogP contribution in [0.1, 0.15) is 27.7 Å². The van der Waals surface area contributed by atoms with Gasteiger partial charge in [0.2, 0.25) is 0 Å².